The lowest BCUT2D eigenvalue weighted by Gasteiger charge is -2.13. The Morgan fingerprint density at radius 2 is 1.85 bits per heavy atom. The quantitative estimate of drug-likeness (QED) is 0.323. The first kappa shape index (κ1) is 10.4. The Kier molecular flexibility index (Phi) is 3.21. The Bertz CT molecular complexity index is 199. The molecule has 1 heterocycles. The fourth-order valence-corrected chi connectivity index (χ4v) is 1.51. The average Bonchev–Trinajstić information content (AvgIpc) is 2.32. The zero-order chi connectivity index (χ0) is 10.0. The third kappa shape index (κ3) is 2.16. The van der Waals surface area contributed by atoms with Crippen LogP contribution in [-0.4, -0.2) is 52.1 Å². The number of amides is 1. The second kappa shape index (κ2) is 4.01. The van der Waals surface area contributed by atoms with E-state index < -0.39 is 30.2 Å². The van der Waals surface area contributed by atoms with E-state index in [9.17, 15) is 15.0 Å². The van der Waals surface area contributed by atoms with E-state index in [0.29, 0.717) is 0 Å². The first-order valence-corrected chi connectivity index (χ1v) is 4.07. The molecule has 76 valence electrons. The van der Waals surface area contributed by atoms with Crippen LogP contribution in [0.4, 0.5) is 0 Å². The van der Waals surface area contributed by atoms with Gasteiger partial charge in [-0.05, 0) is 0 Å². The molecule has 0 aromatic heterocycles. The van der Waals surface area contributed by atoms with Gasteiger partial charge in [0.1, 0.15) is 0 Å². The van der Waals surface area contributed by atoms with Gasteiger partial charge in [-0.25, -0.2) is 0 Å². The van der Waals surface area contributed by atoms with Crippen molar-refractivity contribution in [2.45, 2.75) is 30.7 Å². The maximum Gasteiger partial charge on any atom is 0.219 e. The fraction of sp³-hybridized carbons (Fsp3) is 0.857. The zero-order valence-electron chi connectivity index (χ0n) is 7.05. The largest absolute Gasteiger partial charge is 0.395 e. The van der Waals surface area contributed by atoms with Crippen LogP contribution in [0.15, 0.2) is 0 Å². The van der Waals surface area contributed by atoms with Crippen LogP contribution < -0.4 is 11.1 Å². The number of hydrogen-bond acceptors (Lipinski definition) is 5. The number of aliphatic hydroxyl groups excluding tert-OH is 3. The molecule has 6 nitrogen and oxygen atoms in total. The van der Waals surface area contributed by atoms with E-state index in [4.69, 9.17) is 10.8 Å². The summed E-state index contributed by atoms with van der Waals surface area (Å²) in [5, 5.41) is 30.2. The van der Waals surface area contributed by atoms with Gasteiger partial charge in [0.15, 0.2) is 0 Å². The van der Waals surface area contributed by atoms with Crippen molar-refractivity contribution in [2.75, 3.05) is 6.61 Å². The molecule has 0 aromatic rings. The van der Waals surface area contributed by atoms with Crippen molar-refractivity contribution in [1.29, 1.82) is 0 Å². The summed E-state index contributed by atoms with van der Waals surface area (Å²) in [5.41, 5.74) is 4.93. The van der Waals surface area contributed by atoms with Gasteiger partial charge in [0.2, 0.25) is 5.91 Å². The number of nitrogens with two attached hydrogens (primary N) is 1. The van der Waals surface area contributed by atoms with E-state index in [1.54, 1.807) is 0 Å². The minimum absolute atomic E-state index is 0.0469. The molecule has 0 unspecified atom stereocenters. The standard InChI is InChI=1S/C7H14N2O4/c8-5(11)1-3-6(12)7(13)4(2-10)9-3/h3-4,6-7,9-10,12-13H,1-2H2,(H2,8,11)/t3-,4-,6+,7-/m1/s1. The van der Waals surface area contributed by atoms with E-state index in [0.717, 1.165) is 0 Å². The Hall–Kier alpha value is -0.690. The van der Waals surface area contributed by atoms with Gasteiger partial charge in [-0.15, -0.1) is 0 Å². The van der Waals surface area contributed by atoms with E-state index in [1.807, 2.05) is 0 Å². The third-order valence-electron chi connectivity index (χ3n) is 2.22. The number of carbonyl (C=O) groups is 1. The molecule has 0 aromatic carbocycles. The molecule has 0 saturated carbocycles. The van der Waals surface area contributed by atoms with Crippen LogP contribution >= 0.6 is 0 Å². The minimum atomic E-state index is -1.05. The average molecular weight is 190 g/mol. The van der Waals surface area contributed by atoms with Gasteiger partial charge >= 0.3 is 0 Å². The first-order chi connectivity index (χ1) is 6.06. The molecule has 1 aliphatic heterocycles. The molecular weight excluding hydrogens is 176 g/mol. The molecule has 1 saturated heterocycles. The molecule has 6 N–H and O–H groups in total. The lowest BCUT2D eigenvalue weighted by molar-refractivity contribution is -0.119. The highest BCUT2D eigenvalue weighted by Gasteiger charge is 2.40. The van der Waals surface area contributed by atoms with Crippen LogP contribution in [0.25, 0.3) is 0 Å². The first-order valence-electron chi connectivity index (χ1n) is 4.07. The molecule has 4 atom stereocenters. The van der Waals surface area contributed by atoms with Gasteiger partial charge in [-0.1, -0.05) is 0 Å². The Morgan fingerprint density at radius 1 is 1.31 bits per heavy atom. The smallest absolute Gasteiger partial charge is 0.219 e. The van der Waals surface area contributed by atoms with Crippen LogP contribution in [0, 0.1) is 0 Å². The summed E-state index contributed by atoms with van der Waals surface area (Å²) < 4.78 is 0. The van der Waals surface area contributed by atoms with Crippen LogP contribution in [0.5, 0.6) is 0 Å². The summed E-state index contributed by atoms with van der Waals surface area (Å²) in [6, 6.07) is -1.15. The Morgan fingerprint density at radius 3 is 2.23 bits per heavy atom. The highest BCUT2D eigenvalue weighted by molar-refractivity contribution is 5.74. The van der Waals surface area contributed by atoms with Crippen molar-refractivity contribution in [3.05, 3.63) is 0 Å². The number of aliphatic hydroxyl groups is 3. The summed E-state index contributed by atoms with van der Waals surface area (Å²) in [6.45, 7) is -0.284. The molecular formula is C7H14N2O4. The highest BCUT2D eigenvalue weighted by Crippen LogP contribution is 2.16. The maximum atomic E-state index is 10.5. The number of hydrogen-bond donors (Lipinski definition) is 5. The zero-order valence-corrected chi connectivity index (χ0v) is 7.05. The topological polar surface area (TPSA) is 116 Å². The van der Waals surface area contributed by atoms with Crippen molar-refractivity contribution in [1.82, 2.24) is 5.32 Å². The maximum absolute atomic E-state index is 10.5. The SMILES string of the molecule is NC(=O)C[C@H]1N[C@H](CO)[C@@H](O)[C@H]1O. The van der Waals surface area contributed by atoms with E-state index >= 15 is 0 Å². The Balaban J connectivity index is 2.55. The predicted octanol–water partition coefficient (Wildman–Crippen LogP) is -3.08. The van der Waals surface area contributed by atoms with Crippen molar-refractivity contribution in [3.8, 4) is 0 Å². The van der Waals surface area contributed by atoms with Gasteiger partial charge in [0.25, 0.3) is 0 Å². The number of primary amides is 1. The van der Waals surface area contributed by atoms with E-state index in [1.165, 1.54) is 0 Å². The van der Waals surface area contributed by atoms with Crippen LogP contribution in [0.3, 0.4) is 0 Å². The van der Waals surface area contributed by atoms with Crippen LogP contribution in [-0.2, 0) is 4.79 Å². The molecule has 6 heteroatoms. The molecule has 1 amide bonds. The van der Waals surface area contributed by atoms with Gasteiger partial charge in [-0.2, -0.15) is 0 Å². The van der Waals surface area contributed by atoms with E-state index in [-0.39, 0.29) is 13.0 Å². The van der Waals surface area contributed by atoms with Crippen LogP contribution in [0.1, 0.15) is 6.42 Å². The predicted molar refractivity (Wildman–Crippen MR) is 43.6 cm³/mol. The summed E-state index contributed by atoms with van der Waals surface area (Å²) in [5.74, 6) is -0.553. The van der Waals surface area contributed by atoms with Crippen molar-refractivity contribution < 1.29 is 20.1 Å². The Labute approximate surface area is 75.4 Å². The molecule has 0 spiro atoms. The summed E-state index contributed by atoms with van der Waals surface area (Å²) in [6.07, 6.45) is -2.15. The molecule has 13 heavy (non-hydrogen) atoms. The number of rotatable bonds is 3. The lowest BCUT2D eigenvalue weighted by Crippen LogP contribution is -2.38. The van der Waals surface area contributed by atoms with Gasteiger partial charge in [0, 0.05) is 12.5 Å². The van der Waals surface area contributed by atoms with Gasteiger partial charge in [0.05, 0.1) is 24.9 Å². The molecule has 1 aliphatic rings. The fourth-order valence-electron chi connectivity index (χ4n) is 1.51. The second-order valence-electron chi connectivity index (χ2n) is 3.21. The highest BCUT2D eigenvalue weighted by atomic mass is 16.3. The van der Waals surface area contributed by atoms with Gasteiger partial charge in [-0.3, -0.25) is 4.79 Å². The number of carbonyl (C=O) groups excluding carboxylic acids is 1. The third-order valence-corrected chi connectivity index (χ3v) is 2.22. The molecule has 1 rings (SSSR count). The monoisotopic (exact) mass is 190 g/mol. The van der Waals surface area contributed by atoms with Crippen molar-refractivity contribution in [3.63, 3.8) is 0 Å². The molecule has 0 radical (unpaired) electrons. The van der Waals surface area contributed by atoms with Crippen molar-refractivity contribution in [2.24, 2.45) is 5.73 Å². The number of nitrogens with one attached hydrogen (secondary N) is 1. The second-order valence-corrected chi connectivity index (χ2v) is 3.21. The summed E-state index contributed by atoms with van der Waals surface area (Å²) in [7, 11) is 0. The van der Waals surface area contributed by atoms with E-state index in [2.05, 4.69) is 5.32 Å². The molecule has 0 aliphatic carbocycles. The summed E-state index contributed by atoms with van der Waals surface area (Å²) in [4.78, 5) is 10.5. The van der Waals surface area contributed by atoms with Crippen molar-refractivity contribution >= 4 is 5.91 Å². The molecule has 0 bridgehead atoms. The minimum Gasteiger partial charge on any atom is -0.395 e. The lowest BCUT2D eigenvalue weighted by atomic mass is 10.1. The summed E-state index contributed by atoms with van der Waals surface area (Å²) >= 11 is 0. The normalized spacial score (nSPS) is 39.3. The molecule has 1 fully saturated rings. The van der Waals surface area contributed by atoms with Gasteiger partial charge < -0.3 is 26.4 Å². The van der Waals surface area contributed by atoms with Crippen LogP contribution in [0.2, 0.25) is 0 Å².